The number of nitrogens with zero attached hydrogens (tertiary/aromatic N) is 1. The van der Waals surface area contributed by atoms with Crippen molar-refractivity contribution in [3.8, 4) is 5.75 Å². The summed E-state index contributed by atoms with van der Waals surface area (Å²) in [5, 5.41) is 0. The summed E-state index contributed by atoms with van der Waals surface area (Å²) in [6.45, 7) is 10.2. The van der Waals surface area contributed by atoms with E-state index in [1.807, 2.05) is 18.3 Å². The average Bonchev–Trinajstić information content (AvgIpc) is 2.63. The number of benzene rings is 2. The first-order valence-electron chi connectivity index (χ1n) is 9.40. The van der Waals surface area contributed by atoms with E-state index >= 15 is 0 Å². The maximum atomic E-state index is 5.95. The third-order valence-corrected chi connectivity index (χ3v) is 4.83. The molecule has 0 unspecified atom stereocenters. The van der Waals surface area contributed by atoms with Crippen molar-refractivity contribution >= 4 is 6.21 Å². The van der Waals surface area contributed by atoms with Crippen LogP contribution < -0.4 is 4.74 Å². The van der Waals surface area contributed by atoms with Crippen LogP contribution in [-0.2, 0) is 6.61 Å². The fraction of sp³-hybridized carbons (Fsp3) is 0.435. The molecule has 0 fully saturated rings. The molecule has 0 spiro atoms. The lowest BCUT2D eigenvalue weighted by molar-refractivity contribution is 0.305. The molecule has 0 amide bonds. The number of aliphatic imine (C=N–C) groups is 1. The predicted molar refractivity (Wildman–Crippen MR) is 108 cm³/mol. The summed E-state index contributed by atoms with van der Waals surface area (Å²) < 4.78 is 5.95. The van der Waals surface area contributed by atoms with Crippen LogP contribution in [0.4, 0.5) is 0 Å². The Morgan fingerprint density at radius 2 is 1.64 bits per heavy atom. The molecular formula is C23H31NO. The highest BCUT2D eigenvalue weighted by Crippen LogP contribution is 2.19. The van der Waals surface area contributed by atoms with Crippen LogP contribution >= 0.6 is 0 Å². The number of hydrogen-bond donors (Lipinski definition) is 0. The molecule has 134 valence electrons. The van der Waals surface area contributed by atoms with Crippen molar-refractivity contribution in [2.45, 2.75) is 60.0 Å². The lowest BCUT2D eigenvalue weighted by atomic mass is 9.99. The van der Waals surface area contributed by atoms with Gasteiger partial charge in [0.15, 0.2) is 0 Å². The first-order valence-corrected chi connectivity index (χ1v) is 9.40. The number of unbranched alkanes of at least 4 members (excludes halogenated alkanes) is 3. The van der Waals surface area contributed by atoms with Gasteiger partial charge in [0.25, 0.3) is 0 Å². The van der Waals surface area contributed by atoms with Crippen molar-refractivity contribution in [1.82, 2.24) is 0 Å². The molecule has 0 heterocycles. The number of hydrogen-bond acceptors (Lipinski definition) is 2. The van der Waals surface area contributed by atoms with Crippen molar-refractivity contribution < 1.29 is 4.74 Å². The van der Waals surface area contributed by atoms with E-state index in [4.69, 9.17) is 4.74 Å². The minimum Gasteiger partial charge on any atom is -0.489 e. The Kier molecular flexibility index (Phi) is 7.72. The molecule has 2 aromatic rings. The molecule has 0 saturated heterocycles. The Balaban J connectivity index is 1.84. The van der Waals surface area contributed by atoms with Gasteiger partial charge in [0.1, 0.15) is 12.4 Å². The van der Waals surface area contributed by atoms with Crippen LogP contribution in [-0.4, -0.2) is 12.8 Å². The van der Waals surface area contributed by atoms with Crippen LogP contribution in [0.3, 0.4) is 0 Å². The molecule has 2 nitrogen and oxygen atoms in total. The summed E-state index contributed by atoms with van der Waals surface area (Å²) in [6, 6.07) is 12.5. The van der Waals surface area contributed by atoms with Crippen molar-refractivity contribution in [2.75, 3.05) is 6.54 Å². The molecule has 0 aliphatic rings. The van der Waals surface area contributed by atoms with Crippen LogP contribution in [0.2, 0.25) is 0 Å². The zero-order chi connectivity index (χ0) is 18.1. The van der Waals surface area contributed by atoms with Crippen molar-refractivity contribution in [3.05, 3.63) is 64.2 Å². The molecule has 2 aromatic carbocycles. The number of ether oxygens (including phenoxy) is 1. The standard InChI is InChI=1S/C23H31NO/c1-5-6-7-8-15-24-16-21-10-13-23(14-11-21)25-17-22-12-9-18(2)19(3)20(22)4/h9-14,16H,5-8,15,17H2,1-4H3. The second-order valence-electron chi connectivity index (χ2n) is 6.75. The molecule has 0 saturated carbocycles. The van der Waals surface area contributed by atoms with Gasteiger partial charge in [-0.15, -0.1) is 0 Å². The molecule has 0 bridgehead atoms. The minimum atomic E-state index is 0.609. The molecule has 2 rings (SSSR count). The Labute approximate surface area is 153 Å². The molecule has 0 aliphatic heterocycles. The summed E-state index contributed by atoms with van der Waals surface area (Å²) in [7, 11) is 0. The van der Waals surface area contributed by atoms with E-state index in [9.17, 15) is 0 Å². The molecular weight excluding hydrogens is 306 g/mol. The van der Waals surface area contributed by atoms with E-state index in [2.05, 4.69) is 57.0 Å². The normalized spacial score (nSPS) is 11.2. The second kappa shape index (κ2) is 10.0. The molecule has 0 aliphatic carbocycles. The first kappa shape index (κ1) is 19.2. The summed E-state index contributed by atoms with van der Waals surface area (Å²) in [5.41, 5.74) is 6.39. The van der Waals surface area contributed by atoms with Gasteiger partial charge in [-0.1, -0.05) is 38.3 Å². The maximum Gasteiger partial charge on any atom is 0.119 e. The van der Waals surface area contributed by atoms with Gasteiger partial charge in [-0.25, -0.2) is 0 Å². The van der Waals surface area contributed by atoms with Gasteiger partial charge < -0.3 is 4.74 Å². The van der Waals surface area contributed by atoms with Gasteiger partial charge >= 0.3 is 0 Å². The topological polar surface area (TPSA) is 21.6 Å². The lowest BCUT2D eigenvalue weighted by Gasteiger charge is -2.12. The van der Waals surface area contributed by atoms with Gasteiger partial charge in [-0.3, -0.25) is 4.99 Å². The van der Waals surface area contributed by atoms with Gasteiger partial charge in [-0.05, 0) is 79.3 Å². The predicted octanol–water partition coefficient (Wildman–Crippen LogP) is 6.19. The highest BCUT2D eigenvalue weighted by atomic mass is 16.5. The fourth-order valence-corrected chi connectivity index (χ4v) is 2.78. The van der Waals surface area contributed by atoms with Crippen LogP contribution in [0.1, 0.15) is 60.4 Å². The van der Waals surface area contributed by atoms with E-state index in [-0.39, 0.29) is 0 Å². The average molecular weight is 338 g/mol. The molecule has 25 heavy (non-hydrogen) atoms. The van der Waals surface area contributed by atoms with Gasteiger partial charge in [-0.2, -0.15) is 0 Å². The van der Waals surface area contributed by atoms with E-state index in [0.29, 0.717) is 6.61 Å². The van der Waals surface area contributed by atoms with E-state index < -0.39 is 0 Å². The van der Waals surface area contributed by atoms with E-state index in [1.54, 1.807) is 0 Å². The lowest BCUT2D eigenvalue weighted by Crippen LogP contribution is -2.00. The Bertz CT molecular complexity index is 686. The summed E-state index contributed by atoms with van der Waals surface area (Å²) in [6.07, 6.45) is 7.00. The first-order chi connectivity index (χ1) is 12.1. The smallest absolute Gasteiger partial charge is 0.119 e. The number of aryl methyl sites for hydroxylation is 1. The summed E-state index contributed by atoms with van der Waals surface area (Å²) in [5.74, 6) is 0.901. The highest BCUT2D eigenvalue weighted by molar-refractivity contribution is 5.79. The third-order valence-electron chi connectivity index (χ3n) is 4.83. The minimum absolute atomic E-state index is 0.609. The molecule has 0 radical (unpaired) electrons. The van der Waals surface area contributed by atoms with E-state index in [1.165, 1.54) is 47.9 Å². The molecule has 2 heteroatoms. The Morgan fingerprint density at radius 1 is 0.880 bits per heavy atom. The van der Waals surface area contributed by atoms with Gasteiger partial charge in [0.05, 0.1) is 0 Å². The van der Waals surface area contributed by atoms with Crippen LogP contribution in [0, 0.1) is 20.8 Å². The summed E-state index contributed by atoms with van der Waals surface area (Å²) in [4.78, 5) is 4.50. The molecule has 0 N–H and O–H groups in total. The molecule has 0 aromatic heterocycles. The van der Waals surface area contributed by atoms with Crippen LogP contribution in [0.5, 0.6) is 5.75 Å². The quantitative estimate of drug-likeness (QED) is 0.395. The fourth-order valence-electron chi connectivity index (χ4n) is 2.78. The highest BCUT2D eigenvalue weighted by Gasteiger charge is 2.04. The zero-order valence-electron chi connectivity index (χ0n) is 16.1. The van der Waals surface area contributed by atoms with Crippen LogP contribution in [0.25, 0.3) is 0 Å². The van der Waals surface area contributed by atoms with Gasteiger partial charge in [0.2, 0.25) is 0 Å². The largest absolute Gasteiger partial charge is 0.489 e. The van der Waals surface area contributed by atoms with Crippen LogP contribution in [0.15, 0.2) is 41.4 Å². The Hall–Kier alpha value is -2.09. The SMILES string of the molecule is CCCCCCN=Cc1ccc(OCc2ccc(C)c(C)c2C)cc1. The second-order valence-corrected chi connectivity index (χ2v) is 6.75. The number of rotatable bonds is 9. The summed E-state index contributed by atoms with van der Waals surface area (Å²) >= 11 is 0. The van der Waals surface area contributed by atoms with Crippen molar-refractivity contribution in [2.24, 2.45) is 4.99 Å². The van der Waals surface area contributed by atoms with Gasteiger partial charge in [0, 0.05) is 12.8 Å². The Morgan fingerprint density at radius 3 is 2.36 bits per heavy atom. The van der Waals surface area contributed by atoms with Crippen molar-refractivity contribution in [3.63, 3.8) is 0 Å². The van der Waals surface area contributed by atoms with E-state index in [0.717, 1.165) is 17.9 Å². The molecule has 0 atom stereocenters. The maximum absolute atomic E-state index is 5.95. The van der Waals surface area contributed by atoms with Crippen molar-refractivity contribution in [1.29, 1.82) is 0 Å². The monoisotopic (exact) mass is 337 g/mol. The third kappa shape index (κ3) is 6.04. The zero-order valence-corrected chi connectivity index (χ0v) is 16.1.